The van der Waals surface area contributed by atoms with Gasteiger partial charge in [0.15, 0.2) is 0 Å². The molecule has 3 unspecified atom stereocenters. The fourth-order valence-electron chi connectivity index (χ4n) is 2.80. The zero-order chi connectivity index (χ0) is 12.4. The lowest BCUT2D eigenvalue weighted by molar-refractivity contribution is 0.502. The molecule has 1 aromatic carbocycles. The number of benzene rings is 1. The molecule has 4 heteroatoms. The van der Waals surface area contributed by atoms with E-state index in [1.54, 1.807) is 0 Å². The highest BCUT2D eigenvalue weighted by molar-refractivity contribution is 8.06. The van der Waals surface area contributed by atoms with E-state index in [9.17, 15) is 0 Å². The molecule has 1 fully saturated rings. The molecule has 18 heavy (non-hydrogen) atoms. The van der Waals surface area contributed by atoms with E-state index < -0.39 is 0 Å². The average Bonchev–Trinajstić information content (AvgIpc) is 2.75. The summed E-state index contributed by atoms with van der Waals surface area (Å²) in [7, 11) is 0. The number of hydrogen-bond donors (Lipinski definition) is 2. The first kappa shape index (κ1) is 12.9. The van der Waals surface area contributed by atoms with E-state index >= 15 is 0 Å². The molecule has 2 nitrogen and oxygen atoms in total. The van der Waals surface area contributed by atoms with E-state index in [-0.39, 0.29) is 6.04 Å². The molecule has 0 aromatic heterocycles. The molecule has 1 aliphatic carbocycles. The Kier molecular flexibility index (Phi) is 4.19. The average molecular weight is 280 g/mol. The van der Waals surface area contributed by atoms with E-state index in [2.05, 4.69) is 53.1 Å². The minimum Gasteiger partial charge on any atom is -0.324 e. The van der Waals surface area contributed by atoms with E-state index in [1.807, 2.05) is 0 Å². The standard InChI is InChI=1S/C14H20N2S2/c15-13-7-14(12-4-2-1-3-11(12)13)16-8-10-9-17-5-6-18-10/h1-4,10,13-14,16H,5-9,15H2. The molecule has 98 valence electrons. The van der Waals surface area contributed by atoms with Gasteiger partial charge < -0.3 is 11.1 Å². The quantitative estimate of drug-likeness (QED) is 0.892. The summed E-state index contributed by atoms with van der Waals surface area (Å²) in [6.45, 7) is 1.11. The lowest BCUT2D eigenvalue weighted by Crippen LogP contribution is -2.31. The van der Waals surface area contributed by atoms with Gasteiger partial charge >= 0.3 is 0 Å². The van der Waals surface area contributed by atoms with Crippen LogP contribution in [0.2, 0.25) is 0 Å². The Morgan fingerprint density at radius 2 is 2.06 bits per heavy atom. The second-order valence-electron chi connectivity index (χ2n) is 5.00. The molecule has 0 bridgehead atoms. The molecule has 1 heterocycles. The molecule has 0 saturated carbocycles. The van der Waals surface area contributed by atoms with Crippen molar-refractivity contribution in [3.63, 3.8) is 0 Å². The van der Waals surface area contributed by atoms with Crippen molar-refractivity contribution in [3.05, 3.63) is 35.4 Å². The Balaban J connectivity index is 1.61. The molecule has 0 radical (unpaired) electrons. The van der Waals surface area contributed by atoms with Gasteiger partial charge in [-0.1, -0.05) is 24.3 Å². The Hall–Kier alpha value is -0.160. The monoisotopic (exact) mass is 280 g/mol. The van der Waals surface area contributed by atoms with Crippen LogP contribution in [0.15, 0.2) is 24.3 Å². The van der Waals surface area contributed by atoms with Gasteiger partial charge in [0.05, 0.1) is 0 Å². The molecule has 3 rings (SSSR count). The summed E-state index contributed by atoms with van der Waals surface area (Å²) in [5.74, 6) is 3.91. The summed E-state index contributed by atoms with van der Waals surface area (Å²) < 4.78 is 0. The molecule has 1 aromatic rings. The second kappa shape index (κ2) is 5.87. The number of hydrogen-bond acceptors (Lipinski definition) is 4. The van der Waals surface area contributed by atoms with E-state index in [1.165, 1.54) is 28.4 Å². The Bertz CT molecular complexity index is 405. The lowest BCUT2D eigenvalue weighted by atomic mass is 10.1. The second-order valence-corrected chi connectivity index (χ2v) is 7.56. The number of rotatable bonds is 3. The first-order chi connectivity index (χ1) is 8.84. The topological polar surface area (TPSA) is 38.0 Å². The molecule has 3 atom stereocenters. The van der Waals surface area contributed by atoms with E-state index in [4.69, 9.17) is 5.73 Å². The van der Waals surface area contributed by atoms with Crippen LogP contribution in [-0.2, 0) is 0 Å². The Morgan fingerprint density at radius 1 is 1.22 bits per heavy atom. The molecular weight excluding hydrogens is 260 g/mol. The van der Waals surface area contributed by atoms with Crippen molar-refractivity contribution < 1.29 is 0 Å². The van der Waals surface area contributed by atoms with Gasteiger partial charge in [-0.15, -0.1) is 0 Å². The van der Waals surface area contributed by atoms with Crippen LogP contribution in [0, 0.1) is 0 Å². The number of thioether (sulfide) groups is 2. The van der Waals surface area contributed by atoms with Crippen LogP contribution in [-0.4, -0.2) is 29.1 Å². The summed E-state index contributed by atoms with van der Waals surface area (Å²) in [6.07, 6.45) is 1.05. The van der Waals surface area contributed by atoms with Gasteiger partial charge in [-0.2, -0.15) is 23.5 Å². The van der Waals surface area contributed by atoms with Crippen molar-refractivity contribution in [1.82, 2.24) is 5.32 Å². The zero-order valence-corrected chi connectivity index (χ0v) is 12.1. The largest absolute Gasteiger partial charge is 0.324 e. The minimum absolute atomic E-state index is 0.215. The fourth-order valence-corrected chi connectivity index (χ4v) is 5.42. The van der Waals surface area contributed by atoms with Crippen molar-refractivity contribution in [2.75, 3.05) is 23.8 Å². The van der Waals surface area contributed by atoms with Crippen molar-refractivity contribution in [1.29, 1.82) is 0 Å². The van der Waals surface area contributed by atoms with Crippen LogP contribution < -0.4 is 11.1 Å². The van der Waals surface area contributed by atoms with Crippen LogP contribution in [0.25, 0.3) is 0 Å². The van der Waals surface area contributed by atoms with Gasteiger partial charge in [-0.3, -0.25) is 0 Å². The number of nitrogens with one attached hydrogen (secondary N) is 1. The van der Waals surface area contributed by atoms with Crippen molar-refractivity contribution in [2.24, 2.45) is 5.73 Å². The predicted molar refractivity (Wildman–Crippen MR) is 82.3 cm³/mol. The number of fused-ring (bicyclic) bond motifs is 1. The summed E-state index contributed by atoms with van der Waals surface area (Å²) in [4.78, 5) is 0. The van der Waals surface area contributed by atoms with Crippen LogP contribution in [0.1, 0.15) is 29.6 Å². The Labute approximate surface area is 117 Å². The van der Waals surface area contributed by atoms with Crippen LogP contribution in [0.3, 0.4) is 0 Å². The molecule has 3 N–H and O–H groups in total. The molecule has 1 aliphatic heterocycles. The molecule has 1 saturated heterocycles. The lowest BCUT2D eigenvalue weighted by Gasteiger charge is -2.23. The normalized spacial score (nSPS) is 31.3. The van der Waals surface area contributed by atoms with Crippen LogP contribution >= 0.6 is 23.5 Å². The van der Waals surface area contributed by atoms with Gasteiger partial charge in [0.1, 0.15) is 0 Å². The van der Waals surface area contributed by atoms with E-state index in [0.717, 1.165) is 18.2 Å². The third kappa shape index (κ3) is 2.72. The molecular formula is C14H20N2S2. The fraction of sp³-hybridized carbons (Fsp3) is 0.571. The maximum Gasteiger partial charge on any atom is 0.0342 e. The highest BCUT2D eigenvalue weighted by Gasteiger charge is 2.28. The molecule has 0 spiro atoms. The van der Waals surface area contributed by atoms with Crippen LogP contribution in [0.5, 0.6) is 0 Å². The van der Waals surface area contributed by atoms with Crippen molar-refractivity contribution >= 4 is 23.5 Å². The Morgan fingerprint density at radius 3 is 2.83 bits per heavy atom. The van der Waals surface area contributed by atoms with Crippen LogP contribution in [0.4, 0.5) is 0 Å². The predicted octanol–water partition coefficient (Wildman–Crippen LogP) is 2.57. The summed E-state index contributed by atoms with van der Waals surface area (Å²) >= 11 is 4.20. The van der Waals surface area contributed by atoms with Gasteiger partial charge in [0.25, 0.3) is 0 Å². The van der Waals surface area contributed by atoms with Gasteiger partial charge in [-0.25, -0.2) is 0 Å². The van der Waals surface area contributed by atoms with Gasteiger partial charge in [0.2, 0.25) is 0 Å². The first-order valence-electron chi connectivity index (χ1n) is 6.61. The highest BCUT2D eigenvalue weighted by atomic mass is 32.2. The highest BCUT2D eigenvalue weighted by Crippen LogP contribution is 2.37. The third-order valence-corrected chi connectivity index (χ3v) is 6.58. The minimum atomic E-state index is 0.215. The maximum absolute atomic E-state index is 6.20. The maximum atomic E-state index is 6.20. The molecule has 0 amide bonds. The zero-order valence-electron chi connectivity index (χ0n) is 10.5. The van der Waals surface area contributed by atoms with Crippen molar-refractivity contribution in [3.8, 4) is 0 Å². The van der Waals surface area contributed by atoms with Gasteiger partial charge in [-0.05, 0) is 17.5 Å². The number of nitrogens with two attached hydrogens (primary N) is 1. The van der Waals surface area contributed by atoms with Gasteiger partial charge in [0, 0.05) is 41.1 Å². The smallest absolute Gasteiger partial charge is 0.0342 e. The molecule has 2 aliphatic rings. The SMILES string of the molecule is NC1CC(NCC2CSCCS2)c2ccccc21. The summed E-state index contributed by atoms with van der Waals surface area (Å²) in [5.41, 5.74) is 8.95. The first-order valence-corrected chi connectivity index (χ1v) is 8.82. The van der Waals surface area contributed by atoms with E-state index in [0.29, 0.717) is 6.04 Å². The third-order valence-electron chi connectivity index (χ3n) is 3.74. The summed E-state index contributed by atoms with van der Waals surface area (Å²) in [5, 5.41) is 4.49. The summed E-state index contributed by atoms with van der Waals surface area (Å²) in [6, 6.07) is 9.29. The van der Waals surface area contributed by atoms with Crippen molar-refractivity contribution in [2.45, 2.75) is 23.8 Å².